The molecule has 2 fully saturated rings. The molecule has 1 saturated carbocycles. The minimum absolute atomic E-state index is 0.0912. The van der Waals surface area contributed by atoms with Gasteiger partial charge in [-0.3, -0.25) is 13.9 Å². The van der Waals surface area contributed by atoms with Crippen LogP contribution < -0.4 is 10.5 Å². The molecular weight excluding hydrogens is 486 g/mol. The van der Waals surface area contributed by atoms with Crippen molar-refractivity contribution in [1.82, 2.24) is 9.47 Å². The molecular formula is C23H39N7O5S. The van der Waals surface area contributed by atoms with Gasteiger partial charge in [-0.05, 0) is 72.5 Å². The lowest BCUT2D eigenvalue weighted by atomic mass is 9.92. The van der Waals surface area contributed by atoms with E-state index < -0.39 is 21.4 Å². The van der Waals surface area contributed by atoms with Crippen molar-refractivity contribution in [2.75, 3.05) is 45.7 Å². The topological polar surface area (TPSA) is 153 Å². The van der Waals surface area contributed by atoms with Crippen molar-refractivity contribution in [1.29, 1.82) is 0 Å². The van der Waals surface area contributed by atoms with E-state index in [9.17, 15) is 22.9 Å². The zero-order chi connectivity index (χ0) is 26.5. The molecule has 1 aliphatic carbocycles. The number of hydrogen-bond acceptors (Lipinski definition) is 10. The number of piperidine rings is 1. The van der Waals surface area contributed by atoms with E-state index in [-0.39, 0.29) is 29.6 Å². The highest BCUT2D eigenvalue weighted by Crippen LogP contribution is 2.37. The summed E-state index contributed by atoms with van der Waals surface area (Å²) in [6.45, 7) is 4.28. The van der Waals surface area contributed by atoms with Crippen molar-refractivity contribution in [2.24, 2.45) is 20.5 Å². The Morgan fingerprint density at radius 3 is 2.42 bits per heavy atom. The average molecular weight is 526 g/mol. The van der Waals surface area contributed by atoms with Crippen LogP contribution in [0.15, 0.2) is 25.3 Å². The summed E-state index contributed by atoms with van der Waals surface area (Å²) < 4.78 is 35.4. The number of azo groups is 2. The molecule has 12 nitrogen and oxygen atoms in total. The van der Waals surface area contributed by atoms with Gasteiger partial charge in [-0.25, -0.2) is 0 Å². The lowest BCUT2D eigenvalue weighted by Gasteiger charge is -2.31. The maximum atomic E-state index is 13.5. The van der Waals surface area contributed by atoms with Crippen LogP contribution in [0.3, 0.4) is 0 Å². The Morgan fingerprint density at radius 1 is 1.11 bits per heavy atom. The molecule has 202 valence electrons. The van der Waals surface area contributed by atoms with Crippen LogP contribution in [0.2, 0.25) is 0 Å². The molecule has 0 aromatic carbocycles. The summed E-state index contributed by atoms with van der Waals surface area (Å²) in [5.74, 6) is -0.280. The number of aromatic nitrogens is 1. The molecule has 36 heavy (non-hydrogen) atoms. The van der Waals surface area contributed by atoms with Crippen LogP contribution in [0.25, 0.3) is 0 Å². The summed E-state index contributed by atoms with van der Waals surface area (Å²) in [6.07, 6.45) is 4.71. The van der Waals surface area contributed by atoms with Crippen molar-refractivity contribution in [3.05, 3.63) is 15.9 Å². The SMILES string of the molecule is CN=NC1CCC(N=Nc2c(C)c(N3CCCCC3)c(=O)n(CCCN(C)C)c2O)C(S(=O)(=O)O)C1. The highest BCUT2D eigenvalue weighted by atomic mass is 32.2. The molecule has 1 aromatic heterocycles. The standard InChI is InChI=1S/C23H39N7O5S/c1-16-20(27-26-18-10-9-17(25-24-2)15-19(18)36(33,34)35)22(31)30(14-8-11-28(3)4)23(32)21(16)29-12-6-5-7-13-29/h17-19,31H,5-15H2,1-4H3,(H,33,34,35). The van der Waals surface area contributed by atoms with Crippen LogP contribution in [0.4, 0.5) is 11.4 Å². The first kappa shape index (κ1) is 28.2. The van der Waals surface area contributed by atoms with Gasteiger partial charge in [-0.2, -0.15) is 23.8 Å². The first-order valence-electron chi connectivity index (χ1n) is 12.6. The fourth-order valence-corrected chi connectivity index (χ4v) is 6.15. The smallest absolute Gasteiger partial charge is 0.277 e. The fraction of sp³-hybridized carbons (Fsp3) is 0.783. The summed E-state index contributed by atoms with van der Waals surface area (Å²) in [5.41, 5.74) is 0.920. The van der Waals surface area contributed by atoms with E-state index in [0.717, 1.165) is 38.9 Å². The van der Waals surface area contributed by atoms with Gasteiger partial charge >= 0.3 is 0 Å². The molecule has 0 amide bonds. The van der Waals surface area contributed by atoms with E-state index in [1.165, 1.54) is 11.6 Å². The van der Waals surface area contributed by atoms with Gasteiger partial charge in [0.15, 0.2) is 5.69 Å². The lowest BCUT2D eigenvalue weighted by molar-refractivity contribution is 0.354. The Balaban J connectivity index is 2.02. The molecule has 3 unspecified atom stereocenters. The monoisotopic (exact) mass is 525 g/mol. The molecule has 0 radical (unpaired) electrons. The maximum absolute atomic E-state index is 13.5. The largest absolute Gasteiger partial charge is 0.493 e. The predicted octanol–water partition coefficient (Wildman–Crippen LogP) is 3.15. The minimum Gasteiger partial charge on any atom is -0.493 e. The highest BCUT2D eigenvalue weighted by Gasteiger charge is 2.39. The fourth-order valence-electron chi connectivity index (χ4n) is 5.10. The van der Waals surface area contributed by atoms with Gasteiger partial charge in [0.05, 0.1) is 12.1 Å². The van der Waals surface area contributed by atoms with Crippen LogP contribution in [0, 0.1) is 6.92 Å². The lowest BCUT2D eigenvalue weighted by Crippen LogP contribution is -2.39. The van der Waals surface area contributed by atoms with Crippen LogP contribution >= 0.6 is 0 Å². The molecule has 13 heteroatoms. The van der Waals surface area contributed by atoms with Gasteiger partial charge in [-0.15, -0.1) is 5.11 Å². The van der Waals surface area contributed by atoms with Crippen LogP contribution in [-0.2, 0) is 16.7 Å². The van der Waals surface area contributed by atoms with E-state index in [1.54, 1.807) is 6.92 Å². The summed E-state index contributed by atoms with van der Waals surface area (Å²) >= 11 is 0. The third-order valence-electron chi connectivity index (χ3n) is 6.98. The molecule has 2 aliphatic rings. The van der Waals surface area contributed by atoms with Gasteiger partial charge in [0, 0.05) is 32.2 Å². The van der Waals surface area contributed by atoms with Gasteiger partial charge in [0.25, 0.3) is 15.7 Å². The Labute approximate surface area is 212 Å². The third-order valence-corrected chi connectivity index (χ3v) is 8.25. The first-order chi connectivity index (χ1) is 17.0. The molecule has 3 rings (SSSR count). The number of nitrogens with zero attached hydrogens (tertiary/aromatic N) is 7. The Bertz CT molecular complexity index is 1130. The van der Waals surface area contributed by atoms with E-state index in [2.05, 4.69) is 20.5 Å². The van der Waals surface area contributed by atoms with E-state index >= 15 is 0 Å². The second-order valence-electron chi connectivity index (χ2n) is 9.93. The van der Waals surface area contributed by atoms with E-state index in [0.29, 0.717) is 37.1 Å². The van der Waals surface area contributed by atoms with Crippen LogP contribution in [0.5, 0.6) is 5.88 Å². The number of hydrogen-bond donors (Lipinski definition) is 2. The summed E-state index contributed by atoms with van der Waals surface area (Å²) in [4.78, 5) is 17.5. The zero-order valence-corrected chi connectivity index (χ0v) is 22.5. The van der Waals surface area contributed by atoms with E-state index in [4.69, 9.17) is 0 Å². The summed E-state index contributed by atoms with van der Waals surface area (Å²) in [6, 6.07) is -1.11. The minimum atomic E-state index is -4.40. The van der Waals surface area contributed by atoms with Gasteiger partial charge in [0.1, 0.15) is 10.9 Å². The van der Waals surface area contributed by atoms with Crippen molar-refractivity contribution in [2.45, 2.75) is 75.7 Å². The molecule has 1 saturated heterocycles. The predicted molar refractivity (Wildman–Crippen MR) is 138 cm³/mol. The van der Waals surface area contributed by atoms with Crippen molar-refractivity contribution < 1.29 is 18.1 Å². The normalized spacial score (nSPS) is 23.8. The first-order valence-corrected chi connectivity index (χ1v) is 14.1. The number of pyridine rings is 1. The molecule has 1 aromatic rings. The van der Waals surface area contributed by atoms with Crippen LogP contribution in [-0.4, -0.2) is 85.7 Å². The third kappa shape index (κ3) is 6.68. The number of rotatable bonds is 9. The Kier molecular flexibility index (Phi) is 9.59. The second-order valence-corrected chi connectivity index (χ2v) is 11.6. The molecule has 3 atom stereocenters. The molecule has 0 spiro atoms. The quantitative estimate of drug-likeness (QED) is 0.371. The highest BCUT2D eigenvalue weighted by molar-refractivity contribution is 7.86. The number of anilines is 1. The zero-order valence-electron chi connectivity index (χ0n) is 21.7. The van der Waals surface area contributed by atoms with Crippen LogP contribution in [0.1, 0.15) is 50.5 Å². The Hall–Kier alpha value is -2.38. The molecule has 0 bridgehead atoms. The molecule has 1 aliphatic heterocycles. The average Bonchev–Trinajstić information content (AvgIpc) is 2.82. The Morgan fingerprint density at radius 2 is 1.81 bits per heavy atom. The van der Waals surface area contributed by atoms with Crippen molar-refractivity contribution in [3.63, 3.8) is 0 Å². The molecule has 2 heterocycles. The second kappa shape index (κ2) is 12.2. The molecule has 2 N–H and O–H groups in total. The number of aromatic hydroxyl groups is 1. The maximum Gasteiger partial charge on any atom is 0.277 e. The van der Waals surface area contributed by atoms with Gasteiger partial charge < -0.3 is 14.9 Å². The summed E-state index contributed by atoms with van der Waals surface area (Å²) in [7, 11) is 1.01. The van der Waals surface area contributed by atoms with Gasteiger partial charge in [-0.1, -0.05) is 0 Å². The van der Waals surface area contributed by atoms with Gasteiger partial charge in [0.2, 0.25) is 5.88 Å². The van der Waals surface area contributed by atoms with Crippen molar-refractivity contribution >= 4 is 21.5 Å². The van der Waals surface area contributed by atoms with E-state index in [1.807, 2.05) is 23.9 Å². The van der Waals surface area contributed by atoms with Crippen molar-refractivity contribution in [3.8, 4) is 5.88 Å². The summed E-state index contributed by atoms with van der Waals surface area (Å²) in [5, 5.41) is 26.3.